The lowest BCUT2D eigenvalue weighted by Gasteiger charge is -2.35. The van der Waals surface area contributed by atoms with E-state index in [0.29, 0.717) is 0 Å². The normalized spacial score (nSPS) is 24.6. The first-order valence-corrected chi connectivity index (χ1v) is 10.1. The van der Waals surface area contributed by atoms with Gasteiger partial charge in [0.05, 0.1) is 11.6 Å². The SMILES string of the molecule is CN1CCN(CC2C(=O)Nc3ccccc3SC2c2ccccc2)CC1. The second-order valence-corrected chi connectivity index (χ2v) is 8.33. The lowest BCUT2D eigenvalue weighted by molar-refractivity contribution is -0.120. The van der Waals surface area contributed by atoms with E-state index in [-0.39, 0.29) is 17.1 Å². The summed E-state index contributed by atoms with van der Waals surface area (Å²) in [6.45, 7) is 4.99. The third kappa shape index (κ3) is 3.80. The smallest absolute Gasteiger partial charge is 0.230 e. The average molecular weight is 368 g/mol. The molecule has 0 saturated carbocycles. The molecule has 2 heterocycles. The van der Waals surface area contributed by atoms with Crippen LogP contribution in [-0.2, 0) is 4.79 Å². The zero-order chi connectivity index (χ0) is 17.9. The molecule has 1 amide bonds. The summed E-state index contributed by atoms with van der Waals surface area (Å²) in [6, 6.07) is 18.6. The van der Waals surface area contributed by atoms with Gasteiger partial charge in [-0.3, -0.25) is 9.69 Å². The van der Waals surface area contributed by atoms with E-state index >= 15 is 0 Å². The maximum absolute atomic E-state index is 13.1. The fraction of sp³-hybridized carbons (Fsp3) is 0.381. The molecule has 136 valence electrons. The van der Waals surface area contributed by atoms with Gasteiger partial charge < -0.3 is 10.2 Å². The van der Waals surface area contributed by atoms with Gasteiger partial charge in [-0.05, 0) is 24.7 Å². The summed E-state index contributed by atoms with van der Waals surface area (Å²) >= 11 is 1.81. The van der Waals surface area contributed by atoms with Gasteiger partial charge in [-0.25, -0.2) is 0 Å². The van der Waals surface area contributed by atoms with Crippen molar-refractivity contribution in [2.75, 3.05) is 45.1 Å². The Morgan fingerprint density at radius 2 is 1.69 bits per heavy atom. The van der Waals surface area contributed by atoms with Gasteiger partial charge in [0, 0.05) is 42.9 Å². The summed E-state index contributed by atoms with van der Waals surface area (Å²) in [7, 11) is 2.16. The summed E-state index contributed by atoms with van der Waals surface area (Å²) in [5, 5.41) is 3.30. The zero-order valence-corrected chi connectivity index (χ0v) is 15.9. The highest BCUT2D eigenvalue weighted by Gasteiger charge is 2.35. The van der Waals surface area contributed by atoms with E-state index in [2.05, 4.69) is 52.5 Å². The fourth-order valence-electron chi connectivity index (χ4n) is 3.68. The van der Waals surface area contributed by atoms with Crippen molar-refractivity contribution in [3.8, 4) is 0 Å². The maximum atomic E-state index is 13.1. The number of hydrogen-bond acceptors (Lipinski definition) is 4. The number of thioether (sulfide) groups is 1. The van der Waals surface area contributed by atoms with Crippen LogP contribution < -0.4 is 5.32 Å². The van der Waals surface area contributed by atoms with Crippen LogP contribution in [-0.4, -0.2) is 55.5 Å². The number of piperazine rings is 1. The second kappa shape index (κ2) is 7.82. The van der Waals surface area contributed by atoms with Crippen LogP contribution in [0.2, 0.25) is 0 Å². The molecule has 2 aliphatic rings. The van der Waals surface area contributed by atoms with E-state index in [9.17, 15) is 4.79 Å². The van der Waals surface area contributed by atoms with Gasteiger partial charge in [0.1, 0.15) is 0 Å². The van der Waals surface area contributed by atoms with Gasteiger partial charge in [-0.2, -0.15) is 0 Å². The molecule has 2 unspecified atom stereocenters. The monoisotopic (exact) mass is 367 g/mol. The third-order valence-electron chi connectivity index (χ3n) is 5.28. The molecule has 0 aliphatic carbocycles. The maximum Gasteiger partial charge on any atom is 0.230 e. The Morgan fingerprint density at radius 1 is 1.00 bits per heavy atom. The minimum atomic E-state index is -0.0711. The molecule has 5 heteroatoms. The van der Waals surface area contributed by atoms with Crippen LogP contribution in [0.3, 0.4) is 0 Å². The quantitative estimate of drug-likeness (QED) is 0.903. The van der Waals surface area contributed by atoms with Crippen LogP contribution in [0.4, 0.5) is 5.69 Å². The molecule has 2 aromatic rings. The first-order valence-electron chi connectivity index (χ1n) is 9.23. The predicted molar refractivity (Wildman–Crippen MR) is 108 cm³/mol. The summed E-state index contributed by atoms with van der Waals surface area (Å²) in [5.74, 6) is 0.0634. The van der Waals surface area contributed by atoms with Crippen molar-refractivity contribution < 1.29 is 4.79 Å². The Hall–Kier alpha value is -1.82. The Bertz CT molecular complexity index is 759. The zero-order valence-electron chi connectivity index (χ0n) is 15.1. The standard InChI is InChI=1S/C21H25N3OS/c1-23-11-13-24(14-12-23)15-17-20(16-7-3-2-4-8-16)26-19-10-6-5-9-18(19)22-21(17)25/h2-10,17,20H,11-15H2,1H3,(H,22,25). The molecule has 0 aromatic heterocycles. The topological polar surface area (TPSA) is 35.6 Å². The first-order chi connectivity index (χ1) is 12.7. The van der Waals surface area contributed by atoms with E-state index in [1.165, 1.54) is 5.56 Å². The van der Waals surface area contributed by atoms with Crippen molar-refractivity contribution in [1.82, 2.24) is 9.80 Å². The van der Waals surface area contributed by atoms with E-state index in [4.69, 9.17) is 0 Å². The molecular formula is C21H25N3OS. The average Bonchev–Trinajstić information content (AvgIpc) is 2.81. The van der Waals surface area contributed by atoms with Crippen molar-refractivity contribution in [3.63, 3.8) is 0 Å². The number of hydrogen-bond donors (Lipinski definition) is 1. The van der Waals surface area contributed by atoms with Crippen molar-refractivity contribution in [3.05, 3.63) is 60.2 Å². The number of anilines is 1. The molecule has 26 heavy (non-hydrogen) atoms. The van der Waals surface area contributed by atoms with Crippen LogP contribution in [0.5, 0.6) is 0 Å². The van der Waals surface area contributed by atoms with E-state index < -0.39 is 0 Å². The van der Waals surface area contributed by atoms with Crippen molar-refractivity contribution in [2.24, 2.45) is 5.92 Å². The van der Waals surface area contributed by atoms with Crippen LogP contribution in [0.1, 0.15) is 10.8 Å². The van der Waals surface area contributed by atoms with Crippen molar-refractivity contribution in [1.29, 1.82) is 0 Å². The molecular weight excluding hydrogens is 342 g/mol. The number of amides is 1. The van der Waals surface area contributed by atoms with Gasteiger partial charge >= 0.3 is 0 Å². The number of nitrogens with zero attached hydrogens (tertiary/aromatic N) is 2. The van der Waals surface area contributed by atoms with E-state index in [0.717, 1.165) is 43.3 Å². The van der Waals surface area contributed by atoms with Crippen molar-refractivity contribution in [2.45, 2.75) is 10.1 Å². The van der Waals surface area contributed by atoms with Crippen LogP contribution >= 0.6 is 11.8 Å². The molecule has 2 atom stereocenters. The Kier molecular flexibility index (Phi) is 5.29. The molecule has 1 N–H and O–H groups in total. The molecule has 1 fully saturated rings. The number of carbonyl (C=O) groups excluding carboxylic acids is 1. The van der Waals surface area contributed by atoms with E-state index in [1.54, 1.807) is 0 Å². The number of carbonyl (C=O) groups is 1. The Morgan fingerprint density at radius 3 is 2.46 bits per heavy atom. The number of likely N-dealkylation sites (N-methyl/N-ethyl adjacent to an activating group) is 1. The summed E-state index contributed by atoms with van der Waals surface area (Å²) in [5.41, 5.74) is 2.16. The lowest BCUT2D eigenvalue weighted by Crippen LogP contribution is -2.48. The van der Waals surface area contributed by atoms with Gasteiger partial charge in [-0.1, -0.05) is 42.5 Å². The highest BCUT2D eigenvalue weighted by atomic mass is 32.2. The molecule has 0 bridgehead atoms. The molecule has 1 saturated heterocycles. The highest BCUT2D eigenvalue weighted by Crippen LogP contribution is 2.46. The molecule has 0 spiro atoms. The summed E-state index contributed by atoms with van der Waals surface area (Å²) in [6.07, 6.45) is 0. The minimum Gasteiger partial charge on any atom is -0.325 e. The second-order valence-electron chi connectivity index (χ2n) is 7.14. The predicted octanol–water partition coefficient (Wildman–Crippen LogP) is 3.34. The Labute approximate surface area is 159 Å². The molecule has 4 rings (SSSR count). The molecule has 0 radical (unpaired) electrons. The van der Waals surface area contributed by atoms with Crippen molar-refractivity contribution >= 4 is 23.4 Å². The number of nitrogens with one attached hydrogen (secondary N) is 1. The van der Waals surface area contributed by atoms with Crippen LogP contribution in [0.15, 0.2) is 59.5 Å². The molecule has 4 nitrogen and oxygen atoms in total. The van der Waals surface area contributed by atoms with Gasteiger partial charge in [-0.15, -0.1) is 11.8 Å². The number of para-hydroxylation sites is 1. The van der Waals surface area contributed by atoms with Crippen LogP contribution in [0, 0.1) is 5.92 Å². The van der Waals surface area contributed by atoms with E-state index in [1.807, 2.05) is 36.0 Å². The number of benzene rings is 2. The number of fused-ring (bicyclic) bond motifs is 1. The minimum absolute atomic E-state index is 0.0711. The fourth-order valence-corrected chi connectivity index (χ4v) is 5.03. The van der Waals surface area contributed by atoms with Gasteiger partial charge in [0.15, 0.2) is 0 Å². The third-order valence-corrected chi connectivity index (χ3v) is 6.74. The first kappa shape index (κ1) is 17.6. The lowest BCUT2D eigenvalue weighted by atomic mass is 9.96. The highest BCUT2D eigenvalue weighted by molar-refractivity contribution is 7.99. The molecule has 2 aromatic carbocycles. The summed E-state index contributed by atoms with van der Waals surface area (Å²) < 4.78 is 0. The van der Waals surface area contributed by atoms with Gasteiger partial charge in [0.2, 0.25) is 5.91 Å². The molecule has 2 aliphatic heterocycles. The van der Waals surface area contributed by atoms with Crippen LogP contribution in [0.25, 0.3) is 0 Å². The number of rotatable bonds is 3. The largest absolute Gasteiger partial charge is 0.325 e. The Balaban J connectivity index is 1.64. The van der Waals surface area contributed by atoms with Gasteiger partial charge in [0.25, 0.3) is 0 Å². The summed E-state index contributed by atoms with van der Waals surface area (Å²) in [4.78, 5) is 19.1.